The Labute approximate surface area is 128 Å². The van der Waals surface area contributed by atoms with Crippen molar-refractivity contribution in [3.05, 3.63) is 59.9 Å². The van der Waals surface area contributed by atoms with Crippen LogP contribution in [0.4, 0.5) is 4.39 Å². The van der Waals surface area contributed by atoms with Gasteiger partial charge < -0.3 is 9.47 Å². The number of halogens is 1. The molecule has 0 amide bonds. The summed E-state index contributed by atoms with van der Waals surface area (Å²) >= 11 is 0. The molecular formula is C16H15FO4S. The van der Waals surface area contributed by atoms with Crippen LogP contribution in [0.25, 0.3) is 0 Å². The highest BCUT2D eigenvalue weighted by atomic mass is 32.2. The highest BCUT2D eigenvalue weighted by molar-refractivity contribution is 7.90. The maximum absolute atomic E-state index is 13.6. The van der Waals surface area contributed by atoms with Crippen LogP contribution in [0, 0.1) is 5.82 Å². The van der Waals surface area contributed by atoms with Crippen LogP contribution < -0.4 is 9.47 Å². The lowest BCUT2D eigenvalue weighted by Gasteiger charge is -2.26. The monoisotopic (exact) mass is 322 g/mol. The quantitative estimate of drug-likeness (QED) is 0.868. The average Bonchev–Trinajstić information content (AvgIpc) is 2.49. The number of hydrogen-bond acceptors (Lipinski definition) is 4. The standard InChI is InChI=1S/C16H15FO4S/c17-14-6-2-1-5-12(14)10-22(18,19)11-13-9-20-15-7-3-4-8-16(15)21-13/h1-8,13H,9-11H2/t13-/m1/s1. The van der Waals surface area contributed by atoms with Crippen molar-refractivity contribution < 1.29 is 22.3 Å². The Balaban J connectivity index is 1.69. The van der Waals surface area contributed by atoms with E-state index in [1.54, 1.807) is 24.3 Å². The first-order valence-corrected chi connectivity index (χ1v) is 8.68. The highest BCUT2D eigenvalue weighted by Crippen LogP contribution is 2.31. The molecule has 0 aliphatic carbocycles. The van der Waals surface area contributed by atoms with E-state index in [1.807, 2.05) is 6.07 Å². The second-order valence-corrected chi connectivity index (χ2v) is 7.25. The molecule has 1 aliphatic heterocycles. The van der Waals surface area contributed by atoms with E-state index in [0.717, 1.165) is 0 Å². The minimum absolute atomic E-state index is 0.160. The summed E-state index contributed by atoms with van der Waals surface area (Å²) in [6, 6.07) is 13.0. The number of benzene rings is 2. The fraction of sp³-hybridized carbons (Fsp3) is 0.250. The van der Waals surface area contributed by atoms with Gasteiger partial charge in [-0.1, -0.05) is 30.3 Å². The van der Waals surface area contributed by atoms with Gasteiger partial charge in [-0.25, -0.2) is 12.8 Å². The second-order valence-electron chi connectivity index (χ2n) is 5.14. The number of rotatable bonds is 4. The zero-order chi connectivity index (χ0) is 15.6. The predicted octanol–water partition coefficient (Wildman–Crippen LogP) is 2.58. The summed E-state index contributed by atoms with van der Waals surface area (Å²) in [4.78, 5) is 0. The molecule has 2 aromatic carbocycles. The Morgan fingerprint density at radius 2 is 1.73 bits per heavy atom. The molecule has 1 atom stereocenters. The maximum atomic E-state index is 13.6. The largest absolute Gasteiger partial charge is 0.486 e. The van der Waals surface area contributed by atoms with Crippen LogP contribution in [0.2, 0.25) is 0 Å². The van der Waals surface area contributed by atoms with E-state index < -0.39 is 21.8 Å². The molecule has 116 valence electrons. The number of hydrogen-bond donors (Lipinski definition) is 0. The number of sulfone groups is 1. The van der Waals surface area contributed by atoms with Crippen LogP contribution >= 0.6 is 0 Å². The van der Waals surface area contributed by atoms with Gasteiger partial charge in [-0.15, -0.1) is 0 Å². The highest BCUT2D eigenvalue weighted by Gasteiger charge is 2.27. The van der Waals surface area contributed by atoms with Crippen molar-refractivity contribution >= 4 is 9.84 Å². The van der Waals surface area contributed by atoms with Gasteiger partial charge in [0, 0.05) is 5.56 Å². The third-order valence-corrected chi connectivity index (χ3v) is 4.97. The van der Waals surface area contributed by atoms with Crippen molar-refractivity contribution in [2.45, 2.75) is 11.9 Å². The van der Waals surface area contributed by atoms with Crippen LogP contribution in [0.1, 0.15) is 5.56 Å². The van der Waals surface area contributed by atoms with E-state index in [4.69, 9.17) is 9.47 Å². The van der Waals surface area contributed by atoms with Crippen molar-refractivity contribution in [2.24, 2.45) is 0 Å². The van der Waals surface area contributed by atoms with Gasteiger partial charge in [-0.05, 0) is 18.2 Å². The van der Waals surface area contributed by atoms with Crippen molar-refractivity contribution in [1.82, 2.24) is 0 Å². The van der Waals surface area contributed by atoms with Crippen molar-refractivity contribution in [1.29, 1.82) is 0 Å². The summed E-state index contributed by atoms with van der Waals surface area (Å²) in [5.74, 6) is 0.0546. The fourth-order valence-corrected chi connectivity index (χ4v) is 3.90. The first-order valence-electron chi connectivity index (χ1n) is 6.86. The van der Waals surface area contributed by atoms with E-state index in [1.165, 1.54) is 18.2 Å². The zero-order valence-corrected chi connectivity index (χ0v) is 12.6. The Morgan fingerprint density at radius 1 is 1.05 bits per heavy atom. The summed E-state index contributed by atoms with van der Waals surface area (Å²) in [6.07, 6.45) is -0.591. The minimum atomic E-state index is -3.50. The summed E-state index contributed by atoms with van der Waals surface area (Å²) < 4.78 is 49.2. The molecule has 0 aromatic heterocycles. The molecule has 0 spiro atoms. The molecule has 2 aromatic rings. The average molecular weight is 322 g/mol. The lowest BCUT2D eigenvalue weighted by molar-refractivity contribution is 0.106. The molecule has 0 N–H and O–H groups in total. The normalized spacial score (nSPS) is 17.2. The Morgan fingerprint density at radius 3 is 2.50 bits per heavy atom. The second kappa shape index (κ2) is 5.96. The van der Waals surface area contributed by atoms with Crippen LogP contribution in [-0.4, -0.2) is 26.9 Å². The number of para-hydroxylation sites is 2. The van der Waals surface area contributed by atoms with Crippen LogP contribution in [0.3, 0.4) is 0 Å². The lowest BCUT2D eigenvalue weighted by Crippen LogP contribution is -2.36. The Bertz CT molecular complexity index is 773. The topological polar surface area (TPSA) is 52.6 Å². The third-order valence-electron chi connectivity index (χ3n) is 3.34. The SMILES string of the molecule is O=S(=O)(Cc1ccccc1F)C[C@H]1COc2ccccc2O1. The van der Waals surface area contributed by atoms with E-state index in [2.05, 4.69) is 0 Å². The van der Waals surface area contributed by atoms with Crippen molar-refractivity contribution in [3.8, 4) is 11.5 Å². The number of ether oxygens (including phenoxy) is 2. The van der Waals surface area contributed by atoms with Crippen LogP contribution in [0.5, 0.6) is 11.5 Å². The first kappa shape index (κ1) is 14.8. The molecule has 1 aliphatic rings. The molecule has 3 rings (SSSR count). The van der Waals surface area contributed by atoms with Crippen molar-refractivity contribution in [2.75, 3.05) is 12.4 Å². The molecular weight excluding hydrogens is 307 g/mol. The molecule has 0 unspecified atom stereocenters. The van der Waals surface area contributed by atoms with Gasteiger partial charge in [-0.3, -0.25) is 0 Å². The van der Waals surface area contributed by atoms with E-state index in [0.29, 0.717) is 11.5 Å². The lowest BCUT2D eigenvalue weighted by atomic mass is 10.2. The summed E-state index contributed by atoms with van der Waals surface area (Å²) in [5, 5.41) is 0. The Kier molecular flexibility index (Phi) is 4.02. The molecule has 6 heteroatoms. The van der Waals surface area contributed by atoms with Gasteiger partial charge in [0.1, 0.15) is 18.5 Å². The van der Waals surface area contributed by atoms with Gasteiger partial charge in [-0.2, -0.15) is 0 Å². The van der Waals surface area contributed by atoms with Gasteiger partial charge in [0.15, 0.2) is 21.3 Å². The summed E-state index contributed by atoms with van der Waals surface area (Å²) in [7, 11) is -3.50. The van der Waals surface area contributed by atoms with Crippen LogP contribution in [-0.2, 0) is 15.6 Å². The van der Waals surface area contributed by atoms with E-state index >= 15 is 0 Å². The predicted molar refractivity (Wildman–Crippen MR) is 80.2 cm³/mol. The van der Waals surface area contributed by atoms with E-state index in [9.17, 15) is 12.8 Å². The molecule has 0 radical (unpaired) electrons. The fourth-order valence-electron chi connectivity index (χ4n) is 2.34. The zero-order valence-electron chi connectivity index (χ0n) is 11.7. The first-order chi connectivity index (χ1) is 10.5. The van der Waals surface area contributed by atoms with Gasteiger partial charge in [0.25, 0.3) is 0 Å². The number of fused-ring (bicyclic) bond motifs is 1. The van der Waals surface area contributed by atoms with Gasteiger partial charge >= 0.3 is 0 Å². The van der Waals surface area contributed by atoms with Gasteiger partial charge in [0.2, 0.25) is 0 Å². The maximum Gasteiger partial charge on any atom is 0.161 e. The molecule has 4 nitrogen and oxygen atoms in total. The van der Waals surface area contributed by atoms with E-state index in [-0.39, 0.29) is 23.7 Å². The summed E-state index contributed by atoms with van der Waals surface area (Å²) in [6.45, 7) is 0.160. The molecule has 0 bridgehead atoms. The smallest absolute Gasteiger partial charge is 0.161 e. The molecule has 0 fully saturated rings. The summed E-state index contributed by atoms with van der Waals surface area (Å²) in [5.41, 5.74) is 0.166. The van der Waals surface area contributed by atoms with Crippen molar-refractivity contribution in [3.63, 3.8) is 0 Å². The van der Waals surface area contributed by atoms with Crippen LogP contribution in [0.15, 0.2) is 48.5 Å². The Hall–Kier alpha value is -2.08. The molecule has 0 saturated carbocycles. The van der Waals surface area contributed by atoms with Gasteiger partial charge in [0.05, 0.1) is 11.5 Å². The minimum Gasteiger partial charge on any atom is -0.486 e. The third kappa shape index (κ3) is 3.39. The molecule has 1 heterocycles. The molecule has 0 saturated heterocycles. The molecule has 22 heavy (non-hydrogen) atoms.